The lowest BCUT2D eigenvalue weighted by Crippen LogP contribution is -2.43. The third-order valence-electron chi connectivity index (χ3n) is 5.93. The number of nitrogens with one attached hydrogen (secondary N) is 1. The third-order valence-corrected chi connectivity index (χ3v) is 5.93. The summed E-state index contributed by atoms with van der Waals surface area (Å²) in [5.41, 5.74) is -4.69. The summed E-state index contributed by atoms with van der Waals surface area (Å²) in [6.07, 6.45) is -10.8. The molecule has 4 rings (SSSR count). The molecule has 0 radical (unpaired) electrons. The van der Waals surface area contributed by atoms with E-state index in [1.807, 2.05) is 0 Å². The number of amides is 1. The summed E-state index contributed by atoms with van der Waals surface area (Å²) in [5, 5.41) is 16.0. The van der Waals surface area contributed by atoms with E-state index in [0.717, 1.165) is 12.1 Å². The molecular weight excluding hydrogens is 490 g/mol. The Hall–Kier alpha value is -3.60. The monoisotopic (exact) mass is 510 g/mol. The number of benzene rings is 3. The van der Waals surface area contributed by atoms with Crippen molar-refractivity contribution < 1.29 is 41.1 Å². The summed E-state index contributed by atoms with van der Waals surface area (Å²) >= 11 is 0. The Labute approximate surface area is 201 Å². The molecule has 1 atom stereocenters. The van der Waals surface area contributed by atoms with E-state index in [2.05, 4.69) is 10.5 Å². The Kier molecular flexibility index (Phi) is 6.46. The maximum Gasteiger partial charge on any atom is 0.435 e. The van der Waals surface area contributed by atoms with Crippen LogP contribution in [0.5, 0.6) is 0 Å². The number of hydrogen-bond acceptors (Lipinski definition) is 4. The number of aliphatic hydroxyl groups excluding tert-OH is 1. The van der Waals surface area contributed by atoms with E-state index < -0.39 is 41.4 Å². The molecule has 1 unspecified atom stereocenters. The summed E-state index contributed by atoms with van der Waals surface area (Å²) in [5.74, 6) is -0.486. The third kappa shape index (κ3) is 4.50. The minimum atomic E-state index is -5.09. The molecule has 2 N–H and O–H groups in total. The Bertz CT molecular complexity index is 1350. The van der Waals surface area contributed by atoms with Crippen LogP contribution in [0.3, 0.4) is 0 Å². The zero-order valence-corrected chi connectivity index (χ0v) is 18.8. The molecule has 0 saturated carbocycles. The maximum atomic E-state index is 14.4. The molecule has 0 bridgehead atoms. The predicted molar refractivity (Wildman–Crippen MR) is 120 cm³/mol. The molecule has 0 saturated heterocycles. The number of halogens is 6. The number of carbonyl (C=O) groups is 1. The van der Waals surface area contributed by atoms with Gasteiger partial charge in [-0.25, -0.2) is 0 Å². The van der Waals surface area contributed by atoms with Gasteiger partial charge < -0.3 is 15.3 Å². The summed E-state index contributed by atoms with van der Waals surface area (Å²) in [6.45, 7) is 1.01. The van der Waals surface area contributed by atoms with Crippen molar-refractivity contribution in [2.75, 3.05) is 13.2 Å². The van der Waals surface area contributed by atoms with Crippen LogP contribution in [0, 0.1) is 6.92 Å². The normalized spacial score (nSPS) is 18.2. The van der Waals surface area contributed by atoms with Gasteiger partial charge in [0.1, 0.15) is 0 Å². The Morgan fingerprint density at radius 2 is 1.75 bits per heavy atom. The highest BCUT2D eigenvalue weighted by molar-refractivity contribution is 6.16. The average Bonchev–Trinajstić information content (AvgIpc) is 3.28. The van der Waals surface area contributed by atoms with Crippen LogP contribution in [-0.4, -0.2) is 36.1 Å². The van der Waals surface area contributed by atoms with Crippen molar-refractivity contribution in [3.8, 4) is 0 Å². The zero-order chi connectivity index (χ0) is 26.3. The van der Waals surface area contributed by atoms with Gasteiger partial charge >= 0.3 is 12.4 Å². The van der Waals surface area contributed by atoms with Gasteiger partial charge in [-0.1, -0.05) is 47.1 Å². The molecule has 0 aliphatic carbocycles. The average molecular weight is 510 g/mol. The first kappa shape index (κ1) is 25.5. The standard InChI is InChI=1S/C25H20F6N2O3/c1-14-10-15(12-16(11-14)24(26,27)28)23(25(29,30)31)13-21(33-36-23)19-6-7-20(22(35)32-8-9-34)18-5-3-2-4-17(18)19/h2-7,10-12,34H,8-9,13H2,1H3,(H,32,35). The molecule has 1 aliphatic heterocycles. The number of oxime groups is 1. The molecule has 1 aliphatic rings. The smallest absolute Gasteiger partial charge is 0.395 e. The molecule has 3 aromatic carbocycles. The summed E-state index contributed by atoms with van der Waals surface area (Å²) in [7, 11) is 0. The van der Waals surface area contributed by atoms with E-state index >= 15 is 0 Å². The van der Waals surface area contributed by atoms with Crippen LogP contribution in [0.15, 0.2) is 59.8 Å². The second-order valence-corrected chi connectivity index (χ2v) is 8.40. The van der Waals surface area contributed by atoms with Crippen LogP contribution in [-0.2, 0) is 16.6 Å². The molecule has 190 valence electrons. The number of alkyl halides is 6. The lowest BCUT2D eigenvalue weighted by atomic mass is 9.84. The zero-order valence-electron chi connectivity index (χ0n) is 18.8. The Balaban J connectivity index is 1.80. The highest BCUT2D eigenvalue weighted by atomic mass is 19.4. The number of fused-ring (bicyclic) bond motifs is 1. The van der Waals surface area contributed by atoms with Crippen LogP contribution in [0.2, 0.25) is 0 Å². The molecule has 11 heteroatoms. The second kappa shape index (κ2) is 9.12. The SMILES string of the molecule is Cc1cc(C(F)(F)F)cc(C2(C(F)(F)F)CC(c3ccc(C(=O)NCCO)c4ccccc34)=NO2)c1. The number of rotatable bonds is 5. The molecule has 3 aromatic rings. The fourth-order valence-corrected chi connectivity index (χ4v) is 4.24. The minimum Gasteiger partial charge on any atom is -0.395 e. The topological polar surface area (TPSA) is 70.9 Å². The molecule has 5 nitrogen and oxygen atoms in total. The van der Waals surface area contributed by atoms with Gasteiger partial charge in [0.2, 0.25) is 0 Å². The first-order chi connectivity index (χ1) is 16.9. The van der Waals surface area contributed by atoms with Crippen molar-refractivity contribution in [2.24, 2.45) is 5.16 Å². The number of nitrogens with zero attached hydrogens (tertiary/aromatic N) is 1. The highest BCUT2D eigenvalue weighted by Gasteiger charge is 2.62. The van der Waals surface area contributed by atoms with Gasteiger partial charge in [0.15, 0.2) is 0 Å². The fraction of sp³-hybridized carbons (Fsp3) is 0.280. The molecule has 36 heavy (non-hydrogen) atoms. The van der Waals surface area contributed by atoms with E-state index in [4.69, 9.17) is 9.94 Å². The summed E-state index contributed by atoms with van der Waals surface area (Å²) in [4.78, 5) is 17.4. The van der Waals surface area contributed by atoms with Crippen LogP contribution in [0.4, 0.5) is 26.3 Å². The van der Waals surface area contributed by atoms with Crippen molar-refractivity contribution >= 4 is 22.4 Å². The molecule has 0 spiro atoms. The fourth-order valence-electron chi connectivity index (χ4n) is 4.24. The maximum absolute atomic E-state index is 14.4. The van der Waals surface area contributed by atoms with E-state index in [1.165, 1.54) is 19.1 Å². The lowest BCUT2D eigenvalue weighted by Gasteiger charge is -2.30. The Morgan fingerprint density at radius 1 is 1.06 bits per heavy atom. The van der Waals surface area contributed by atoms with Gasteiger partial charge in [-0.05, 0) is 35.9 Å². The molecule has 1 heterocycles. The van der Waals surface area contributed by atoms with Crippen LogP contribution >= 0.6 is 0 Å². The molecule has 1 amide bonds. The van der Waals surface area contributed by atoms with Crippen LogP contribution < -0.4 is 5.32 Å². The van der Waals surface area contributed by atoms with Gasteiger partial charge in [-0.2, -0.15) is 26.3 Å². The van der Waals surface area contributed by atoms with Crippen LogP contribution in [0.25, 0.3) is 10.8 Å². The first-order valence-electron chi connectivity index (χ1n) is 10.8. The van der Waals surface area contributed by atoms with Gasteiger partial charge in [0.25, 0.3) is 11.5 Å². The number of carbonyl (C=O) groups excluding carboxylic acids is 1. The van der Waals surface area contributed by atoms with E-state index in [-0.39, 0.29) is 35.6 Å². The van der Waals surface area contributed by atoms with Crippen molar-refractivity contribution in [1.29, 1.82) is 0 Å². The quantitative estimate of drug-likeness (QED) is 0.447. The van der Waals surface area contributed by atoms with Crippen molar-refractivity contribution in [2.45, 2.75) is 31.3 Å². The van der Waals surface area contributed by atoms with Crippen molar-refractivity contribution in [3.63, 3.8) is 0 Å². The summed E-state index contributed by atoms with van der Waals surface area (Å²) in [6, 6.07) is 11.5. The van der Waals surface area contributed by atoms with Crippen molar-refractivity contribution in [1.82, 2.24) is 5.32 Å². The highest BCUT2D eigenvalue weighted by Crippen LogP contribution is 2.50. The molecule has 0 fully saturated rings. The van der Waals surface area contributed by atoms with E-state index in [1.54, 1.807) is 24.3 Å². The van der Waals surface area contributed by atoms with Gasteiger partial charge in [-0.3, -0.25) is 4.79 Å². The number of aryl methyl sites for hydroxylation is 1. The van der Waals surface area contributed by atoms with Gasteiger partial charge in [0, 0.05) is 29.7 Å². The van der Waals surface area contributed by atoms with Crippen LogP contribution in [0.1, 0.15) is 39.0 Å². The van der Waals surface area contributed by atoms with E-state index in [0.29, 0.717) is 16.8 Å². The molecular formula is C25H20F6N2O3. The number of hydrogen-bond donors (Lipinski definition) is 2. The summed E-state index contributed by atoms with van der Waals surface area (Å²) < 4.78 is 83.3. The number of aliphatic hydroxyl groups is 1. The van der Waals surface area contributed by atoms with Gasteiger partial charge in [-0.15, -0.1) is 0 Å². The Morgan fingerprint density at radius 3 is 2.39 bits per heavy atom. The second-order valence-electron chi connectivity index (χ2n) is 8.40. The lowest BCUT2D eigenvalue weighted by molar-refractivity contribution is -0.276. The largest absolute Gasteiger partial charge is 0.435 e. The molecule has 0 aromatic heterocycles. The van der Waals surface area contributed by atoms with Crippen molar-refractivity contribution in [3.05, 3.63) is 82.4 Å². The minimum absolute atomic E-state index is 0.0100. The van der Waals surface area contributed by atoms with E-state index in [9.17, 15) is 31.1 Å². The predicted octanol–water partition coefficient (Wildman–Crippen LogP) is 5.47. The van der Waals surface area contributed by atoms with Gasteiger partial charge in [0.05, 0.1) is 17.9 Å². The first-order valence-corrected chi connectivity index (χ1v) is 10.8.